The molecule has 10 nitrogen and oxygen atoms in total. The number of hydrogen-bond acceptors (Lipinski definition) is 10. The normalized spacial score (nSPS) is 15.2. The summed E-state index contributed by atoms with van der Waals surface area (Å²) in [6.45, 7) is 3.62. The Balaban J connectivity index is 1.47. The Bertz CT molecular complexity index is 2270. The van der Waals surface area contributed by atoms with Gasteiger partial charge in [-0.25, -0.2) is 14.6 Å². The number of fused-ring (bicyclic) bond motifs is 3. The number of thiazole rings is 1. The molecule has 0 unspecified atom stereocenters. The maximum absolute atomic E-state index is 14.5. The fraction of sp³-hybridized carbons (Fsp3) is 0.189. The van der Waals surface area contributed by atoms with Crippen LogP contribution >= 0.6 is 11.3 Å². The first kappa shape index (κ1) is 30.9. The first-order valence-corrected chi connectivity index (χ1v) is 16.3. The highest BCUT2D eigenvalue weighted by molar-refractivity contribution is 7.07. The van der Waals surface area contributed by atoms with Gasteiger partial charge < -0.3 is 23.7 Å². The highest BCUT2D eigenvalue weighted by atomic mass is 32.1. The van der Waals surface area contributed by atoms with Crippen molar-refractivity contribution in [3.8, 4) is 17.2 Å². The van der Waals surface area contributed by atoms with Crippen molar-refractivity contribution in [2.24, 2.45) is 4.99 Å². The lowest BCUT2D eigenvalue weighted by molar-refractivity contribution is -0.145. The summed E-state index contributed by atoms with van der Waals surface area (Å²) in [6, 6.07) is 25.2. The summed E-state index contributed by atoms with van der Waals surface area (Å²) in [5, 5.41) is 1.75. The standard InChI is InChI=1S/C37H30N2O8S/c1-3-43-31(40)20-45-27-16-14-22-10-8-9-13-25(22)26(27)19-30-35(41)39-34(24-15-17-28-29(18-24)47-21-46-28)32(36(42)44-4-2)33(38-37(39)48-30)23-11-6-5-7-12-23/h5-19,34H,3-4,20-21H2,1-2H3/b30-19-/t34-/m0/s1. The number of carbonyl (C=O) groups excluding carboxylic acids is 2. The minimum Gasteiger partial charge on any atom is -0.481 e. The number of hydrogen-bond donors (Lipinski definition) is 0. The van der Waals surface area contributed by atoms with E-state index in [0.717, 1.165) is 10.8 Å². The monoisotopic (exact) mass is 662 g/mol. The van der Waals surface area contributed by atoms with Crippen LogP contribution in [0.15, 0.2) is 100 Å². The van der Waals surface area contributed by atoms with E-state index in [1.165, 1.54) is 15.9 Å². The molecule has 242 valence electrons. The number of nitrogens with zero attached hydrogens (tertiary/aromatic N) is 2. The Morgan fingerprint density at radius 2 is 1.71 bits per heavy atom. The van der Waals surface area contributed by atoms with Gasteiger partial charge in [0.2, 0.25) is 6.79 Å². The van der Waals surface area contributed by atoms with Crippen LogP contribution in [0.1, 0.15) is 36.6 Å². The van der Waals surface area contributed by atoms with Gasteiger partial charge >= 0.3 is 11.9 Å². The van der Waals surface area contributed by atoms with Gasteiger partial charge in [-0.3, -0.25) is 9.36 Å². The first-order chi connectivity index (χ1) is 23.5. The fourth-order valence-corrected chi connectivity index (χ4v) is 6.84. The predicted octanol–water partition coefficient (Wildman–Crippen LogP) is 4.76. The molecule has 2 aliphatic rings. The molecule has 0 saturated carbocycles. The summed E-state index contributed by atoms with van der Waals surface area (Å²) in [5.41, 5.74) is 2.22. The molecule has 5 aromatic rings. The minimum atomic E-state index is -0.890. The number of benzene rings is 4. The predicted molar refractivity (Wildman–Crippen MR) is 180 cm³/mol. The summed E-state index contributed by atoms with van der Waals surface area (Å²) < 4.78 is 29.7. The first-order valence-electron chi connectivity index (χ1n) is 15.4. The van der Waals surface area contributed by atoms with E-state index in [1.807, 2.05) is 66.7 Å². The second-order valence-corrected chi connectivity index (χ2v) is 11.8. The molecule has 1 atom stereocenters. The van der Waals surface area contributed by atoms with Crippen LogP contribution in [-0.4, -0.2) is 43.1 Å². The van der Waals surface area contributed by atoms with E-state index in [-0.39, 0.29) is 37.7 Å². The smallest absolute Gasteiger partial charge is 0.344 e. The zero-order valence-electron chi connectivity index (χ0n) is 26.1. The lowest BCUT2D eigenvalue weighted by atomic mass is 9.93. The highest BCUT2D eigenvalue weighted by Gasteiger charge is 2.36. The van der Waals surface area contributed by atoms with E-state index >= 15 is 0 Å². The van der Waals surface area contributed by atoms with Gasteiger partial charge in [-0.15, -0.1) is 0 Å². The number of ether oxygens (including phenoxy) is 5. The maximum Gasteiger partial charge on any atom is 0.344 e. The Morgan fingerprint density at radius 3 is 2.52 bits per heavy atom. The molecule has 0 bridgehead atoms. The second kappa shape index (κ2) is 13.2. The Morgan fingerprint density at radius 1 is 0.938 bits per heavy atom. The van der Waals surface area contributed by atoms with E-state index in [2.05, 4.69) is 0 Å². The summed E-state index contributed by atoms with van der Waals surface area (Å²) in [6.07, 6.45) is 1.75. The second-order valence-electron chi connectivity index (χ2n) is 10.8. The average Bonchev–Trinajstić information content (AvgIpc) is 3.71. The Kier molecular flexibility index (Phi) is 8.51. The quantitative estimate of drug-likeness (QED) is 0.208. The molecule has 3 heterocycles. The SMILES string of the molecule is CCOC(=O)COc1ccc2ccccc2c1/C=c1\sc2n(c1=O)[C@@H](c1ccc3c(c1)OCO3)C(C(=O)OCC)=C(c1ccccc1)N=2. The third-order valence-electron chi connectivity index (χ3n) is 7.94. The third-order valence-corrected chi connectivity index (χ3v) is 8.93. The molecule has 0 aliphatic carbocycles. The van der Waals surface area contributed by atoms with E-state index in [4.69, 9.17) is 28.7 Å². The van der Waals surface area contributed by atoms with E-state index in [1.54, 1.807) is 38.1 Å². The molecule has 1 aromatic heterocycles. The highest BCUT2D eigenvalue weighted by Crippen LogP contribution is 2.40. The van der Waals surface area contributed by atoms with Gasteiger partial charge in [-0.05, 0) is 54.5 Å². The van der Waals surface area contributed by atoms with Crippen molar-refractivity contribution in [3.63, 3.8) is 0 Å². The lowest BCUT2D eigenvalue weighted by Crippen LogP contribution is -2.40. The largest absolute Gasteiger partial charge is 0.481 e. The van der Waals surface area contributed by atoms with E-state index < -0.39 is 18.0 Å². The van der Waals surface area contributed by atoms with Gasteiger partial charge in [0, 0.05) is 11.1 Å². The summed E-state index contributed by atoms with van der Waals surface area (Å²) in [4.78, 5) is 45.9. The minimum absolute atomic E-state index is 0.0724. The lowest BCUT2D eigenvalue weighted by Gasteiger charge is -2.26. The molecule has 0 fully saturated rings. The number of carbonyl (C=O) groups is 2. The molecule has 0 saturated heterocycles. The van der Waals surface area contributed by atoms with Crippen LogP contribution in [-0.2, 0) is 19.1 Å². The zero-order chi connectivity index (χ0) is 33.2. The molecule has 0 N–H and O–H groups in total. The van der Waals surface area contributed by atoms with Crippen molar-refractivity contribution in [1.82, 2.24) is 4.57 Å². The number of aromatic nitrogens is 1. The van der Waals surface area contributed by atoms with Crippen LogP contribution in [0.2, 0.25) is 0 Å². The van der Waals surface area contributed by atoms with Crippen LogP contribution < -0.4 is 29.1 Å². The van der Waals surface area contributed by atoms with Crippen molar-refractivity contribution in [2.45, 2.75) is 19.9 Å². The molecule has 0 spiro atoms. The van der Waals surface area contributed by atoms with Gasteiger partial charge in [-0.1, -0.05) is 78.1 Å². The van der Waals surface area contributed by atoms with Crippen LogP contribution in [0.5, 0.6) is 17.2 Å². The van der Waals surface area contributed by atoms with Gasteiger partial charge in [-0.2, -0.15) is 0 Å². The zero-order valence-corrected chi connectivity index (χ0v) is 27.0. The Labute approximate surface area is 278 Å². The van der Waals surface area contributed by atoms with Gasteiger partial charge in [0.05, 0.1) is 35.1 Å². The topological polar surface area (TPSA) is 115 Å². The van der Waals surface area contributed by atoms with Crippen molar-refractivity contribution < 1.29 is 33.3 Å². The maximum atomic E-state index is 14.5. The average molecular weight is 663 g/mol. The van der Waals surface area contributed by atoms with E-state index in [0.29, 0.717) is 49.0 Å². The summed E-state index contributed by atoms with van der Waals surface area (Å²) >= 11 is 1.19. The molecule has 48 heavy (non-hydrogen) atoms. The molecular formula is C37H30N2O8S. The molecular weight excluding hydrogens is 632 g/mol. The van der Waals surface area contributed by atoms with Crippen molar-refractivity contribution in [2.75, 3.05) is 26.6 Å². The van der Waals surface area contributed by atoms with Crippen LogP contribution in [0.3, 0.4) is 0 Å². The van der Waals surface area contributed by atoms with Gasteiger partial charge in [0.15, 0.2) is 22.9 Å². The van der Waals surface area contributed by atoms with Crippen molar-refractivity contribution >= 4 is 45.8 Å². The van der Waals surface area contributed by atoms with Crippen molar-refractivity contribution in [1.29, 1.82) is 0 Å². The summed E-state index contributed by atoms with van der Waals surface area (Å²) in [5.74, 6) is 0.412. The molecule has 7 rings (SSSR count). The molecule has 2 aliphatic heterocycles. The fourth-order valence-electron chi connectivity index (χ4n) is 5.86. The molecule has 0 amide bonds. The van der Waals surface area contributed by atoms with Crippen LogP contribution in [0.4, 0.5) is 0 Å². The van der Waals surface area contributed by atoms with Crippen molar-refractivity contribution in [3.05, 3.63) is 127 Å². The Hall–Kier alpha value is -5.68. The van der Waals surface area contributed by atoms with Crippen LogP contribution in [0, 0.1) is 0 Å². The molecule has 11 heteroatoms. The number of rotatable bonds is 9. The number of esters is 2. The molecule has 4 aromatic carbocycles. The molecule has 0 radical (unpaired) electrons. The van der Waals surface area contributed by atoms with E-state index in [9.17, 15) is 14.4 Å². The van der Waals surface area contributed by atoms with Crippen LogP contribution in [0.25, 0.3) is 22.5 Å². The third kappa shape index (κ3) is 5.73. The summed E-state index contributed by atoms with van der Waals surface area (Å²) in [7, 11) is 0. The van der Waals surface area contributed by atoms with Gasteiger partial charge in [0.1, 0.15) is 5.75 Å². The van der Waals surface area contributed by atoms with Gasteiger partial charge in [0.25, 0.3) is 5.56 Å².